The van der Waals surface area contributed by atoms with Crippen LogP contribution in [0.25, 0.3) is 0 Å². The van der Waals surface area contributed by atoms with Crippen molar-refractivity contribution in [2.75, 3.05) is 6.61 Å². The first-order valence-electron chi connectivity index (χ1n) is 8.08. The number of hydrogen-bond donors (Lipinski definition) is 0. The molecule has 130 valence electrons. The summed E-state index contributed by atoms with van der Waals surface area (Å²) in [5.74, 6) is -1.73. The van der Waals surface area contributed by atoms with E-state index in [0.29, 0.717) is 12.0 Å². The minimum absolute atomic E-state index is 0.174. The molecule has 0 heterocycles. The zero-order valence-electron chi connectivity index (χ0n) is 14.8. The molecule has 2 aromatic carbocycles. The summed E-state index contributed by atoms with van der Waals surface area (Å²) in [5, 5.41) is 0. The van der Waals surface area contributed by atoms with E-state index in [1.807, 2.05) is 63.2 Å². The Morgan fingerprint density at radius 2 is 1.60 bits per heavy atom. The molecule has 0 N–H and O–H groups in total. The lowest BCUT2D eigenvalue weighted by Crippen LogP contribution is -2.18. The van der Waals surface area contributed by atoms with Gasteiger partial charge in [0.1, 0.15) is 0 Å². The Hall–Kier alpha value is -2.88. The van der Waals surface area contributed by atoms with Crippen LogP contribution >= 0.6 is 0 Å². The highest BCUT2D eigenvalue weighted by molar-refractivity contribution is 6.02. The summed E-state index contributed by atoms with van der Waals surface area (Å²) < 4.78 is 10.2. The van der Waals surface area contributed by atoms with E-state index in [0.717, 1.165) is 22.3 Å². The van der Waals surface area contributed by atoms with Gasteiger partial charge in [-0.3, -0.25) is 0 Å². The first-order chi connectivity index (χ1) is 11.9. The molecule has 4 nitrogen and oxygen atoms in total. The lowest BCUT2D eigenvalue weighted by Gasteiger charge is -2.11. The van der Waals surface area contributed by atoms with Crippen molar-refractivity contribution in [1.82, 2.24) is 0 Å². The summed E-state index contributed by atoms with van der Waals surface area (Å²) in [6.45, 7) is 9.40. The molecule has 2 rings (SSSR count). The predicted octanol–water partition coefficient (Wildman–Crippen LogP) is 4.07. The second-order valence-corrected chi connectivity index (χ2v) is 5.96. The fraction of sp³-hybridized carbons (Fsp3) is 0.238. The molecule has 0 saturated carbocycles. The average Bonchev–Trinajstić information content (AvgIpc) is 2.54. The monoisotopic (exact) mass is 338 g/mol. The molecule has 0 atom stereocenters. The van der Waals surface area contributed by atoms with Crippen LogP contribution in [0.3, 0.4) is 0 Å². The Morgan fingerprint density at radius 1 is 1.00 bits per heavy atom. The first-order valence-corrected chi connectivity index (χ1v) is 8.08. The maximum Gasteiger partial charge on any atom is 0.380 e. The van der Waals surface area contributed by atoms with Crippen molar-refractivity contribution in [2.45, 2.75) is 27.2 Å². The Morgan fingerprint density at radius 3 is 2.20 bits per heavy atom. The van der Waals surface area contributed by atoms with Crippen molar-refractivity contribution in [2.24, 2.45) is 0 Å². The number of esters is 2. The molecule has 2 aromatic rings. The van der Waals surface area contributed by atoms with Crippen molar-refractivity contribution in [1.29, 1.82) is 0 Å². The highest BCUT2D eigenvalue weighted by Gasteiger charge is 2.20. The topological polar surface area (TPSA) is 52.6 Å². The van der Waals surface area contributed by atoms with Gasteiger partial charge in [0.05, 0.1) is 12.2 Å². The molecule has 0 aliphatic rings. The van der Waals surface area contributed by atoms with Crippen LogP contribution in [0.15, 0.2) is 54.8 Å². The summed E-state index contributed by atoms with van der Waals surface area (Å²) in [6, 6.07) is 13.5. The molecule has 0 spiro atoms. The number of carbonyl (C=O) groups excluding carboxylic acids is 2. The summed E-state index contributed by atoms with van der Waals surface area (Å²) >= 11 is 0. The fourth-order valence-electron chi connectivity index (χ4n) is 2.69. The van der Waals surface area contributed by atoms with Gasteiger partial charge in [-0.15, -0.1) is 0 Å². The van der Waals surface area contributed by atoms with Gasteiger partial charge < -0.3 is 9.47 Å². The Kier molecular flexibility index (Phi) is 6.12. The number of rotatable bonds is 6. The second-order valence-electron chi connectivity index (χ2n) is 5.96. The van der Waals surface area contributed by atoms with E-state index in [2.05, 4.69) is 6.58 Å². The van der Waals surface area contributed by atoms with Crippen LogP contribution in [-0.2, 0) is 20.7 Å². The molecular weight excluding hydrogens is 316 g/mol. The van der Waals surface area contributed by atoms with Crippen molar-refractivity contribution < 1.29 is 19.1 Å². The van der Waals surface area contributed by atoms with Crippen molar-refractivity contribution in [3.8, 4) is 0 Å². The summed E-state index contributed by atoms with van der Waals surface area (Å²) in [5.41, 5.74) is 4.07. The van der Waals surface area contributed by atoms with E-state index >= 15 is 0 Å². The van der Waals surface area contributed by atoms with Crippen LogP contribution in [-0.4, -0.2) is 18.5 Å². The molecule has 0 aromatic heterocycles. The van der Waals surface area contributed by atoms with Gasteiger partial charge >= 0.3 is 11.9 Å². The fourth-order valence-corrected chi connectivity index (χ4v) is 2.69. The highest BCUT2D eigenvalue weighted by atomic mass is 16.6. The summed E-state index contributed by atoms with van der Waals surface area (Å²) in [7, 11) is 0. The van der Waals surface area contributed by atoms with Crippen molar-refractivity contribution >= 4 is 11.9 Å². The molecule has 4 heteroatoms. The lowest BCUT2D eigenvalue weighted by molar-refractivity contribution is -0.137. The van der Waals surface area contributed by atoms with Gasteiger partial charge in [-0.2, -0.15) is 0 Å². The minimum atomic E-state index is -0.863. The smallest absolute Gasteiger partial charge is 0.380 e. The van der Waals surface area contributed by atoms with Crippen molar-refractivity contribution in [3.63, 3.8) is 0 Å². The number of aryl methyl sites for hydroxylation is 3. The van der Waals surface area contributed by atoms with Crippen LogP contribution in [0, 0.1) is 20.8 Å². The normalized spacial score (nSPS) is 10.2. The minimum Gasteiger partial charge on any atom is -0.487 e. The van der Waals surface area contributed by atoms with Crippen LogP contribution in [0.5, 0.6) is 0 Å². The Bertz CT molecular complexity index is 768. The van der Waals surface area contributed by atoms with Gasteiger partial charge in [0, 0.05) is 6.42 Å². The predicted molar refractivity (Wildman–Crippen MR) is 96.3 cm³/mol. The summed E-state index contributed by atoms with van der Waals surface area (Å²) in [4.78, 5) is 24.3. The molecular formula is C21H22O4. The van der Waals surface area contributed by atoms with Crippen LogP contribution < -0.4 is 0 Å². The molecule has 0 radical (unpaired) electrons. The van der Waals surface area contributed by atoms with E-state index in [9.17, 15) is 9.59 Å². The lowest BCUT2D eigenvalue weighted by atomic mass is 10.00. The summed E-state index contributed by atoms with van der Waals surface area (Å²) in [6.07, 6.45) is 0.636. The maximum atomic E-state index is 12.3. The number of ether oxygens (including phenoxy) is 2. The molecule has 0 aliphatic carbocycles. The van der Waals surface area contributed by atoms with Crippen LogP contribution in [0.4, 0.5) is 0 Å². The zero-order valence-corrected chi connectivity index (χ0v) is 14.8. The third-order valence-electron chi connectivity index (χ3n) is 3.80. The van der Waals surface area contributed by atoms with Gasteiger partial charge in [-0.1, -0.05) is 48.0 Å². The van der Waals surface area contributed by atoms with Crippen molar-refractivity contribution in [3.05, 3.63) is 82.6 Å². The van der Waals surface area contributed by atoms with E-state index < -0.39 is 11.9 Å². The molecule has 0 saturated heterocycles. The average molecular weight is 338 g/mol. The van der Waals surface area contributed by atoms with Gasteiger partial charge in [0.15, 0.2) is 5.76 Å². The van der Waals surface area contributed by atoms with E-state index in [1.165, 1.54) is 0 Å². The van der Waals surface area contributed by atoms with Crippen LogP contribution in [0.1, 0.15) is 32.6 Å². The van der Waals surface area contributed by atoms with E-state index in [4.69, 9.17) is 9.47 Å². The zero-order chi connectivity index (χ0) is 18.4. The second kappa shape index (κ2) is 8.29. The van der Waals surface area contributed by atoms with E-state index in [-0.39, 0.29) is 12.4 Å². The molecule has 0 aliphatic heterocycles. The molecule has 25 heavy (non-hydrogen) atoms. The molecule has 0 unspecified atom stereocenters. The van der Waals surface area contributed by atoms with Gasteiger partial charge in [0.2, 0.25) is 0 Å². The quantitative estimate of drug-likeness (QED) is 0.345. The number of carbonyl (C=O) groups is 2. The standard InChI is InChI=1S/C21H22O4/c1-14-12-15(2)19(16(3)13-14)21(23)25-20(22)17(4)24-11-10-18-8-6-5-7-9-18/h5-9,12-13H,4,10-11H2,1-3H3. The van der Waals surface area contributed by atoms with E-state index in [1.54, 1.807) is 0 Å². The highest BCUT2D eigenvalue weighted by Crippen LogP contribution is 2.18. The third kappa shape index (κ3) is 5.05. The third-order valence-corrected chi connectivity index (χ3v) is 3.80. The largest absolute Gasteiger partial charge is 0.487 e. The van der Waals surface area contributed by atoms with Crippen LogP contribution in [0.2, 0.25) is 0 Å². The number of hydrogen-bond acceptors (Lipinski definition) is 4. The van der Waals surface area contributed by atoms with Gasteiger partial charge in [-0.05, 0) is 44.0 Å². The van der Waals surface area contributed by atoms with Gasteiger partial charge in [-0.25, -0.2) is 9.59 Å². The van der Waals surface area contributed by atoms with Gasteiger partial charge in [0.25, 0.3) is 0 Å². The molecule has 0 fully saturated rings. The SMILES string of the molecule is C=C(OCCc1ccccc1)C(=O)OC(=O)c1c(C)cc(C)cc1C. The molecule has 0 amide bonds. The Balaban J connectivity index is 1.90. The first kappa shape index (κ1) is 18.5. The Labute approximate surface area is 148 Å². The molecule has 0 bridgehead atoms. The maximum absolute atomic E-state index is 12.3. The number of benzene rings is 2.